The van der Waals surface area contributed by atoms with Crippen molar-refractivity contribution in [2.24, 2.45) is 5.92 Å². The van der Waals surface area contributed by atoms with Gasteiger partial charge in [0.25, 0.3) is 15.9 Å². The van der Waals surface area contributed by atoms with E-state index in [-0.39, 0.29) is 17.2 Å². The van der Waals surface area contributed by atoms with Gasteiger partial charge < -0.3 is 0 Å². The highest BCUT2D eigenvalue weighted by Crippen LogP contribution is 2.28. The zero-order valence-corrected chi connectivity index (χ0v) is 14.9. The number of halogens is 1. The Morgan fingerprint density at radius 3 is 2.67 bits per heavy atom. The van der Waals surface area contributed by atoms with E-state index in [0.717, 1.165) is 50.5 Å². The number of alkyl halides is 1. The van der Waals surface area contributed by atoms with Crippen molar-refractivity contribution in [2.75, 3.05) is 0 Å². The van der Waals surface area contributed by atoms with Crippen LogP contribution in [-0.2, 0) is 21.2 Å². The monoisotopic (exact) mass is 355 g/mol. The Labute approximate surface area is 143 Å². The van der Waals surface area contributed by atoms with Gasteiger partial charge in [-0.05, 0) is 36.5 Å². The number of carbonyl (C=O) groups excluding carboxylic acids is 1. The van der Waals surface area contributed by atoms with Gasteiger partial charge in [0.2, 0.25) is 0 Å². The van der Waals surface area contributed by atoms with E-state index < -0.39 is 22.1 Å². The molecule has 1 aliphatic rings. The average Bonchev–Trinajstić information content (AvgIpc) is 2.56. The molecule has 1 saturated carbocycles. The lowest BCUT2D eigenvalue weighted by Gasteiger charge is -2.22. The van der Waals surface area contributed by atoms with Crippen molar-refractivity contribution in [3.63, 3.8) is 0 Å². The van der Waals surface area contributed by atoms with Crippen LogP contribution in [0.5, 0.6) is 0 Å². The molecule has 2 rings (SSSR count). The van der Waals surface area contributed by atoms with Crippen LogP contribution < -0.4 is 4.72 Å². The summed E-state index contributed by atoms with van der Waals surface area (Å²) in [4.78, 5) is 12.0. The second-order valence-corrected chi connectivity index (χ2v) is 8.26. The summed E-state index contributed by atoms with van der Waals surface area (Å²) >= 11 is 0. The SMILES string of the molecule is CCCc1cccc(S(=O)(=O)NC(=O)C(F)CC2CCCCC2)c1. The van der Waals surface area contributed by atoms with Crippen LogP contribution in [0.4, 0.5) is 4.39 Å². The van der Waals surface area contributed by atoms with E-state index in [2.05, 4.69) is 0 Å². The van der Waals surface area contributed by atoms with E-state index in [9.17, 15) is 17.6 Å². The maximum atomic E-state index is 14.2. The van der Waals surface area contributed by atoms with Gasteiger partial charge in [-0.3, -0.25) is 4.79 Å². The third-order valence-electron chi connectivity index (χ3n) is 4.53. The average molecular weight is 355 g/mol. The van der Waals surface area contributed by atoms with Crippen molar-refractivity contribution in [3.05, 3.63) is 29.8 Å². The van der Waals surface area contributed by atoms with E-state index >= 15 is 0 Å². The molecule has 1 fully saturated rings. The van der Waals surface area contributed by atoms with Gasteiger partial charge in [-0.15, -0.1) is 0 Å². The Morgan fingerprint density at radius 2 is 2.00 bits per heavy atom. The molecule has 0 aliphatic heterocycles. The van der Waals surface area contributed by atoms with Gasteiger partial charge in [-0.25, -0.2) is 17.5 Å². The fourth-order valence-electron chi connectivity index (χ4n) is 3.23. The van der Waals surface area contributed by atoms with E-state index in [1.54, 1.807) is 6.07 Å². The van der Waals surface area contributed by atoms with Gasteiger partial charge in [-0.2, -0.15) is 0 Å². The smallest absolute Gasteiger partial charge is 0.268 e. The van der Waals surface area contributed by atoms with Gasteiger partial charge in [-0.1, -0.05) is 57.6 Å². The quantitative estimate of drug-likeness (QED) is 0.810. The maximum absolute atomic E-state index is 14.2. The Balaban J connectivity index is 1.99. The van der Waals surface area contributed by atoms with Crippen LogP contribution in [0.1, 0.15) is 57.4 Å². The first kappa shape index (κ1) is 18.9. The minimum atomic E-state index is -4.03. The minimum absolute atomic E-state index is 0.00617. The van der Waals surface area contributed by atoms with E-state index in [1.165, 1.54) is 12.1 Å². The van der Waals surface area contributed by atoms with Crippen molar-refractivity contribution >= 4 is 15.9 Å². The molecule has 1 unspecified atom stereocenters. The molecule has 1 aromatic rings. The minimum Gasteiger partial charge on any atom is -0.271 e. The second kappa shape index (κ2) is 8.60. The molecule has 6 heteroatoms. The molecular weight excluding hydrogens is 329 g/mol. The summed E-state index contributed by atoms with van der Waals surface area (Å²) in [5.41, 5.74) is 0.881. The molecule has 1 aliphatic carbocycles. The Bertz CT molecular complexity index is 654. The number of aryl methyl sites for hydroxylation is 1. The first-order valence-corrected chi connectivity index (χ1v) is 10.2. The highest BCUT2D eigenvalue weighted by atomic mass is 32.2. The number of carbonyl (C=O) groups is 1. The van der Waals surface area contributed by atoms with Gasteiger partial charge >= 0.3 is 0 Å². The molecule has 0 spiro atoms. The van der Waals surface area contributed by atoms with Crippen LogP contribution in [0.15, 0.2) is 29.2 Å². The molecular formula is C18H26FNO3S. The van der Waals surface area contributed by atoms with Crippen molar-refractivity contribution in [1.82, 2.24) is 4.72 Å². The van der Waals surface area contributed by atoms with Crippen LogP contribution >= 0.6 is 0 Å². The van der Waals surface area contributed by atoms with Crippen LogP contribution in [0.2, 0.25) is 0 Å². The summed E-state index contributed by atoms with van der Waals surface area (Å²) in [6.45, 7) is 2.00. The highest BCUT2D eigenvalue weighted by molar-refractivity contribution is 7.90. The van der Waals surface area contributed by atoms with Gasteiger partial charge in [0, 0.05) is 0 Å². The molecule has 1 atom stereocenters. The number of hydrogen-bond donors (Lipinski definition) is 1. The molecule has 1 aromatic carbocycles. The van der Waals surface area contributed by atoms with Gasteiger partial charge in [0.05, 0.1) is 4.90 Å². The third kappa shape index (κ3) is 5.30. The highest BCUT2D eigenvalue weighted by Gasteiger charge is 2.27. The Morgan fingerprint density at radius 1 is 1.29 bits per heavy atom. The number of hydrogen-bond acceptors (Lipinski definition) is 3. The number of sulfonamides is 1. The summed E-state index contributed by atoms with van der Waals surface area (Å²) in [7, 11) is -4.03. The normalized spacial score (nSPS) is 17.4. The molecule has 4 nitrogen and oxygen atoms in total. The van der Waals surface area contributed by atoms with Crippen molar-refractivity contribution in [1.29, 1.82) is 0 Å². The third-order valence-corrected chi connectivity index (χ3v) is 5.88. The lowest BCUT2D eigenvalue weighted by Crippen LogP contribution is -2.37. The molecule has 0 aromatic heterocycles. The van der Waals surface area contributed by atoms with Crippen LogP contribution in [0.3, 0.4) is 0 Å². The van der Waals surface area contributed by atoms with Crippen LogP contribution in [0.25, 0.3) is 0 Å². The largest absolute Gasteiger partial charge is 0.271 e. The zero-order chi connectivity index (χ0) is 17.6. The number of benzene rings is 1. The summed E-state index contributed by atoms with van der Waals surface area (Å²) < 4.78 is 40.6. The number of rotatable bonds is 7. The molecule has 0 radical (unpaired) electrons. The number of amides is 1. The molecule has 1 N–H and O–H groups in total. The fourth-order valence-corrected chi connectivity index (χ4v) is 4.31. The lowest BCUT2D eigenvalue weighted by molar-refractivity contribution is -0.124. The van der Waals surface area contributed by atoms with Gasteiger partial charge in [0.15, 0.2) is 6.17 Å². The molecule has 24 heavy (non-hydrogen) atoms. The summed E-state index contributed by atoms with van der Waals surface area (Å²) in [6.07, 6.45) is 5.08. The molecule has 134 valence electrons. The maximum Gasteiger partial charge on any atom is 0.268 e. The van der Waals surface area contributed by atoms with Crippen molar-refractivity contribution in [3.8, 4) is 0 Å². The number of nitrogens with one attached hydrogen (secondary N) is 1. The predicted octanol–water partition coefficient (Wildman–Crippen LogP) is 3.75. The van der Waals surface area contributed by atoms with Gasteiger partial charge in [0.1, 0.15) is 0 Å². The molecule has 1 amide bonds. The molecule has 0 bridgehead atoms. The molecule has 0 saturated heterocycles. The molecule has 0 heterocycles. The van der Waals surface area contributed by atoms with Crippen LogP contribution in [0, 0.1) is 5.92 Å². The Hall–Kier alpha value is -1.43. The van der Waals surface area contributed by atoms with Crippen molar-refractivity contribution < 1.29 is 17.6 Å². The lowest BCUT2D eigenvalue weighted by atomic mass is 9.85. The van der Waals surface area contributed by atoms with Crippen LogP contribution in [-0.4, -0.2) is 20.5 Å². The van der Waals surface area contributed by atoms with E-state index in [1.807, 2.05) is 17.7 Å². The van der Waals surface area contributed by atoms with Crippen molar-refractivity contribution in [2.45, 2.75) is 69.4 Å². The predicted molar refractivity (Wildman–Crippen MR) is 91.9 cm³/mol. The van der Waals surface area contributed by atoms with E-state index in [4.69, 9.17) is 0 Å². The zero-order valence-electron chi connectivity index (χ0n) is 14.1. The fraction of sp³-hybridized carbons (Fsp3) is 0.611. The summed E-state index contributed by atoms with van der Waals surface area (Å²) in [5, 5.41) is 0. The standard InChI is InChI=1S/C18H26FNO3S/c1-2-7-14-10-6-11-16(12-14)24(22,23)20-18(21)17(19)13-15-8-4-3-5-9-15/h6,10-12,15,17H,2-5,7-9,13H2,1H3,(H,20,21). The summed E-state index contributed by atoms with van der Waals surface area (Å²) in [6, 6.07) is 6.43. The Kier molecular flexibility index (Phi) is 6.78. The first-order chi connectivity index (χ1) is 11.4. The second-order valence-electron chi connectivity index (χ2n) is 6.57. The van der Waals surface area contributed by atoms with E-state index in [0.29, 0.717) is 0 Å². The topological polar surface area (TPSA) is 63.2 Å². The first-order valence-electron chi connectivity index (χ1n) is 8.72. The summed E-state index contributed by atoms with van der Waals surface area (Å²) in [5.74, 6) is -0.878.